The minimum Gasteiger partial charge on any atom is -0.488 e. The summed E-state index contributed by atoms with van der Waals surface area (Å²) in [5.74, 6) is 0.163. The molecule has 0 aliphatic carbocycles. The minimum atomic E-state index is -0.558. The van der Waals surface area contributed by atoms with Gasteiger partial charge in [0.25, 0.3) is 0 Å². The Morgan fingerprint density at radius 2 is 1.80 bits per heavy atom. The fraction of sp³-hybridized carbons (Fsp3) is 0.100. The molecule has 3 aromatic rings. The first-order chi connectivity index (χ1) is 12.2. The first-order valence-electron chi connectivity index (χ1n) is 7.79. The molecule has 5 nitrogen and oxygen atoms in total. The van der Waals surface area contributed by atoms with Crippen LogP contribution in [0.3, 0.4) is 0 Å². The second-order valence-corrected chi connectivity index (χ2v) is 5.42. The van der Waals surface area contributed by atoms with Gasteiger partial charge in [-0.15, -0.1) is 0 Å². The van der Waals surface area contributed by atoms with Gasteiger partial charge in [0.1, 0.15) is 12.4 Å². The number of nitrogens with two attached hydrogens (primary N) is 1. The lowest BCUT2D eigenvalue weighted by molar-refractivity contribution is 0.0595. The summed E-state index contributed by atoms with van der Waals surface area (Å²) < 4.78 is 10.6. The quantitative estimate of drug-likeness (QED) is 0.720. The Morgan fingerprint density at radius 3 is 2.52 bits per heavy atom. The molecule has 2 aromatic carbocycles. The number of anilines is 1. The first kappa shape index (κ1) is 16.5. The van der Waals surface area contributed by atoms with E-state index in [-0.39, 0.29) is 11.4 Å². The molecule has 2 N–H and O–H groups in total. The van der Waals surface area contributed by atoms with Gasteiger partial charge in [-0.1, -0.05) is 48.5 Å². The van der Waals surface area contributed by atoms with Gasteiger partial charge in [0.15, 0.2) is 5.69 Å². The molecular weight excluding hydrogens is 316 g/mol. The largest absolute Gasteiger partial charge is 0.488 e. The molecule has 5 heteroatoms. The molecule has 126 valence electrons. The Hall–Kier alpha value is -3.34. The molecule has 0 radical (unpaired) electrons. The van der Waals surface area contributed by atoms with Gasteiger partial charge < -0.3 is 15.2 Å². The summed E-state index contributed by atoms with van der Waals surface area (Å²) in [7, 11) is 1.30. The van der Waals surface area contributed by atoms with Gasteiger partial charge in [-0.25, -0.2) is 9.78 Å². The smallest absolute Gasteiger partial charge is 0.358 e. The maximum absolute atomic E-state index is 11.6. The van der Waals surface area contributed by atoms with Crippen molar-refractivity contribution in [2.45, 2.75) is 6.61 Å². The van der Waals surface area contributed by atoms with Crippen molar-refractivity contribution in [3.05, 3.63) is 78.1 Å². The van der Waals surface area contributed by atoms with Crippen molar-refractivity contribution >= 4 is 11.7 Å². The van der Waals surface area contributed by atoms with E-state index in [1.807, 2.05) is 54.6 Å². The first-order valence-corrected chi connectivity index (χ1v) is 7.79. The lowest BCUT2D eigenvalue weighted by Gasteiger charge is -2.12. The molecule has 0 fully saturated rings. The van der Waals surface area contributed by atoms with Crippen LogP contribution in [0.5, 0.6) is 5.75 Å². The Balaban J connectivity index is 1.88. The average Bonchev–Trinajstić information content (AvgIpc) is 2.67. The minimum absolute atomic E-state index is 0.105. The summed E-state index contributed by atoms with van der Waals surface area (Å²) in [4.78, 5) is 15.7. The number of carbonyl (C=O) groups is 1. The molecule has 3 rings (SSSR count). The number of carbonyl (C=O) groups excluding carboxylic acids is 1. The predicted octanol–water partition coefficient (Wildman–Crippen LogP) is 3.70. The third-order valence-electron chi connectivity index (χ3n) is 3.73. The maximum Gasteiger partial charge on any atom is 0.358 e. The highest BCUT2D eigenvalue weighted by Gasteiger charge is 2.14. The molecule has 0 aliphatic rings. The van der Waals surface area contributed by atoms with Gasteiger partial charge in [-0.2, -0.15) is 0 Å². The highest BCUT2D eigenvalue weighted by Crippen LogP contribution is 2.31. The van der Waals surface area contributed by atoms with E-state index in [1.165, 1.54) is 7.11 Å². The molecule has 0 unspecified atom stereocenters. The monoisotopic (exact) mass is 334 g/mol. The van der Waals surface area contributed by atoms with Crippen LogP contribution in [0.15, 0.2) is 66.9 Å². The van der Waals surface area contributed by atoms with Gasteiger partial charge in [-0.05, 0) is 17.7 Å². The molecule has 0 saturated heterocycles. The molecule has 0 amide bonds. The molecule has 25 heavy (non-hydrogen) atoms. The Labute approximate surface area is 146 Å². The Bertz CT molecular complexity index is 879. The van der Waals surface area contributed by atoms with Crippen molar-refractivity contribution in [1.82, 2.24) is 4.98 Å². The molecule has 1 aromatic heterocycles. The zero-order chi connectivity index (χ0) is 17.6. The number of esters is 1. The van der Waals surface area contributed by atoms with Crippen LogP contribution in [0.2, 0.25) is 0 Å². The average molecular weight is 334 g/mol. The van der Waals surface area contributed by atoms with Crippen molar-refractivity contribution in [3.8, 4) is 16.9 Å². The molecule has 0 bridgehead atoms. The van der Waals surface area contributed by atoms with Crippen molar-refractivity contribution in [3.63, 3.8) is 0 Å². The fourth-order valence-corrected chi connectivity index (χ4v) is 2.46. The number of hydrogen-bond donors (Lipinski definition) is 1. The third-order valence-corrected chi connectivity index (χ3v) is 3.73. The van der Waals surface area contributed by atoms with Crippen LogP contribution >= 0.6 is 0 Å². The van der Waals surface area contributed by atoms with Crippen LogP contribution in [0.1, 0.15) is 16.1 Å². The zero-order valence-corrected chi connectivity index (χ0v) is 13.8. The van der Waals surface area contributed by atoms with Gasteiger partial charge in [-0.3, -0.25) is 0 Å². The fourth-order valence-electron chi connectivity index (χ4n) is 2.46. The standard InChI is InChI=1S/C20H18N2O3/c1-24-20(23)19-17(21)11-15(12-22-19)16-9-5-6-10-18(16)25-13-14-7-3-2-4-8-14/h2-12H,13,21H2,1H3. The van der Waals surface area contributed by atoms with E-state index in [9.17, 15) is 4.79 Å². The highest BCUT2D eigenvalue weighted by atomic mass is 16.5. The van der Waals surface area contributed by atoms with Crippen molar-refractivity contribution in [1.29, 1.82) is 0 Å². The Kier molecular flexibility index (Phi) is 4.95. The summed E-state index contributed by atoms with van der Waals surface area (Å²) in [5.41, 5.74) is 9.02. The van der Waals surface area contributed by atoms with Crippen LogP contribution in [-0.4, -0.2) is 18.1 Å². The molecule has 0 saturated carbocycles. The number of aromatic nitrogens is 1. The van der Waals surface area contributed by atoms with E-state index < -0.39 is 5.97 Å². The van der Waals surface area contributed by atoms with Crippen molar-refractivity contribution < 1.29 is 14.3 Å². The van der Waals surface area contributed by atoms with E-state index in [0.717, 1.165) is 22.4 Å². The number of methoxy groups -OCH3 is 1. The number of ether oxygens (including phenoxy) is 2. The normalized spacial score (nSPS) is 10.3. The summed E-state index contributed by atoms with van der Waals surface area (Å²) in [6.45, 7) is 0.459. The number of rotatable bonds is 5. The van der Waals surface area contributed by atoms with E-state index in [4.69, 9.17) is 10.5 Å². The van der Waals surface area contributed by atoms with E-state index >= 15 is 0 Å². The van der Waals surface area contributed by atoms with Crippen LogP contribution in [0, 0.1) is 0 Å². The molecule has 0 atom stereocenters. The second kappa shape index (κ2) is 7.49. The zero-order valence-electron chi connectivity index (χ0n) is 13.8. The van der Waals surface area contributed by atoms with Crippen molar-refractivity contribution in [2.24, 2.45) is 0 Å². The van der Waals surface area contributed by atoms with Crippen LogP contribution in [0.4, 0.5) is 5.69 Å². The number of hydrogen-bond acceptors (Lipinski definition) is 5. The van der Waals surface area contributed by atoms with Gasteiger partial charge in [0.05, 0.1) is 12.8 Å². The van der Waals surface area contributed by atoms with Crippen molar-refractivity contribution in [2.75, 3.05) is 12.8 Å². The number of nitrogen functional groups attached to an aromatic ring is 1. The van der Waals surface area contributed by atoms with E-state index in [1.54, 1.807) is 12.3 Å². The predicted molar refractivity (Wildman–Crippen MR) is 96.2 cm³/mol. The number of benzene rings is 2. The van der Waals surface area contributed by atoms with Gasteiger partial charge >= 0.3 is 5.97 Å². The molecule has 0 spiro atoms. The number of pyridine rings is 1. The SMILES string of the molecule is COC(=O)c1ncc(-c2ccccc2OCc2ccccc2)cc1N. The van der Waals surface area contributed by atoms with Crippen LogP contribution < -0.4 is 10.5 Å². The van der Waals surface area contributed by atoms with E-state index in [0.29, 0.717) is 6.61 Å². The maximum atomic E-state index is 11.6. The van der Waals surface area contributed by atoms with Gasteiger partial charge in [0.2, 0.25) is 0 Å². The summed E-state index contributed by atoms with van der Waals surface area (Å²) in [5, 5.41) is 0. The molecular formula is C20H18N2O3. The lowest BCUT2D eigenvalue weighted by atomic mass is 10.1. The number of para-hydroxylation sites is 1. The second-order valence-electron chi connectivity index (χ2n) is 5.42. The topological polar surface area (TPSA) is 74.4 Å². The van der Waals surface area contributed by atoms with E-state index in [2.05, 4.69) is 9.72 Å². The Morgan fingerprint density at radius 1 is 1.08 bits per heavy atom. The van der Waals surface area contributed by atoms with Gasteiger partial charge in [0, 0.05) is 17.3 Å². The summed E-state index contributed by atoms with van der Waals surface area (Å²) in [6, 6.07) is 19.3. The summed E-state index contributed by atoms with van der Waals surface area (Å²) >= 11 is 0. The molecule has 1 heterocycles. The highest BCUT2D eigenvalue weighted by molar-refractivity contribution is 5.93. The molecule has 0 aliphatic heterocycles. The summed E-state index contributed by atoms with van der Waals surface area (Å²) in [6.07, 6.45) is 1.59. The van der Waals surface area contributed by atoms with Crippen LogP contribution in [0.25, 0.3) is 11.1 Å². The lowest BCUT2D eigenvalue weighted by Crippen LogP contribution is -2.08. The number of nitrogens with zero attached hydrogens (tertiary/aromatic N) is 1. The third kappa shape index (κ3) is 3.77. The van der Waals surface area contributed by atoms with Crippen LogP contribution in [-0.2, 0) is 11.3 Å².